The molecule has 1 heterocycles. The molecule has 0 spiro atoms. The minimum atomic E-state index is 0.00388. The molecule has 4 nitrogen and oxygen atoms in total. The summed E-state index contributed by atoms with van der Waals surface area (Å²) in [6, 6.07) is 14.8. The summed E-state index contributed by atoms with van der Waals surface area (Å²) < 4.78 is 3.01. The number of nitrogens with one attached hydrogen (secondary N) is 1. The van der Waals surface area contributed by atoms with Gasteiger partial charge in [0, 0.05) is 54.2 Å². The lowest BCUT2D eigenvalue weighted by molar-refractivity contribution is 0.0983. The number of hydrogen-bond donors (Lipinski definition) is 1. The van der Waals surface area contributed by atoms with E-state index in [1.165, 1.54) is 41.6 Å². The van der Waals surface area contributed by atoms with Crippen molar-refractivity contribution in [2.24, 2.45) is 5.41 Å². The van der Waals surface area contributed by atoms with Crippen LogP contribution in [0.25, 0.3) is 5.57 Å². The SMILES string of the molecule is CC(C)SNC(=O)c1ccc(N2CCN(CC3=C(c4ccc(Cl)cc4)CC(C)(C)CC3)CC2)cc1C(C)C. The number of allylic oxidation sites excluding steroid dienone is 1. The largest absolute Gasteiger partial charge is 0.369 e. The molecule has 0 aromatic heterocycles. The van der Waals surface area contributed by atoms with Gasteiger partial charge in [-0.25, -0.2) is 0 Å². The zero-order chi connectivity index (χ0) is 27.4. The minimum Gasteiger partial charge on any atom is -0.369 e. The van der Waals surface area contributed by atoms with Crippen LogP contribution in [0.2, 0.25) is 5.02 Å². The highest BCUT2D eigenvalue weighted by Gasteiger charge is 2.29. The van der Waals surface area contributed by atoms with Crippen LogP contribution in [0, 0.1) is 5.41 Å². The monoisotopic (exact) mass is 553 g/mol. The molecule has 1 aliphatic heterocycles. The van der Waals surface area contributed by atoms with Gasteiger partial charge in [0.2, 0.25) is 0 Å². The lowest BCUT2D eigenvalue weighted by Crippen LogP contribution is -2.47. The molecule has 2 aliphatic rings. The maximum atomic E-state index is 12.8. The lowest BCUT2D eigenvalue weighted by Gasteiger charge is -2.39. The summed E-state index contributed by atoms with van der Waals surface area (Å²) in [4.78, 5) is 17.9. The number of rotatable bonds is 8. The van der Waals surface area contributed by atoms with E-state index < -0.39 is 0 Å². The molecule has 1 N–H and O–H groups in total. The van der Waals surface area contributed by atoms with E-state index in [4.69, 9.17) is 11.6 Å². The van der Waals surface area contributed by atoms with Crippen molar-refractivity contribution in [3.05, 3.63) is 69.8 Å². The Labute approximate surface area is 239 Å². The van der Waals surface area contributed by atoms with E-state index >= 15 is 0 Å². The van der Waals surface area contributed by atoms with E-state index in [9.17, 15) is 4.79 Å². The zero-order valence-corrected chi connectivity index (χ0v) is 25.5. The van der Waals surface area contributed by atoms with Gasteiger partial charge in [-0.05, 0) is 89.6 Å². The molecule has 1 saturated heterocycles. The van der Waals surface area contributed by atoms with Gasteiger partial charge in [-0.15, -0.1) is 0 Å². The van der Waals surface area contributed by atoms with Crippen LogP contribution in [0.1, 0.15) is 88.2 Å². The molecule has 2 aromatic carbocycles. The molecular formula is C32H44ClN3OS. The molecule has 0 saturated carbocycles. The van der Waals surface area contributed by atoms with Gasteiger partial charge in [0.25, 0.3) is 5.91 Å². The average Bonchev–Trinajstić information content (AvgIpc) is 2.88. The molecule has 1 amide bonds. The average molecular weight is 554 g/mol. The Morgan fingerprint density at radius 3 is 2.34 bits per heavy atom. The fourth-order valence-electron chi connectivity index (χ4n) is 5.56. The van der Waals surface area contributed by atoms with Gasteiger partial charge in [0.05, 0.1) is 0 Å². The van der Waals surface area contributed by atoms with E-state index in [0.29, 0.717) is 10.7 Å². The van der Waals surface area contributed by atoms with Crippen LogP contribution in [0.5, 0.6) is 0 Å². The fourth-order valence-corrected chi connectivity index (χ4v) is 6.13. The second-order valence-electron chi connectivity index (χ2n) is 12.2. The van der Waals surface area contributed by atoms with Crippen LogP contribution in [-0.2, 0) is 0 Å². The molecule has 1 fully saturated rings. The zero-order valence-electron chi connectivity index (χ0n) is 23.9. The maximum Gasteiger partial charge on any atom is 0.261 e. The third-order valence-corrected chi connectivity index (χ3v) is 8.85. The van der Waals surface area contributed by atoms with E-state index in [-0.39, 0.29) is 11.8 Å². The highest BCUT2D eigenvalue weighted by molar-refractivity contribution is 7.98. The Balaban J connectivity index is 1.44. The van der Waals surface area contributed by atoms with Crippen LogP contribution < -0.4 is 9.62 Å². The second-order valence-corrected chi connectivity index (χ2v) is 14.0. The van der Waals surface area contributed by atoms with Gasteiger partial charge >= 0.3 is 0 Å². The third-order valence-electron chi connectivity index (χ3n) is 7.82. The number of carbonyl (C=O) groups excluding carboxylic acids is 1. The molecule has 6 heteroatoms. The van der Waals surface area contributed by atoms with Crippen LogP contribution in [-0.4, -0.2) is 48.8 Å². The topological polar surface area (TPSA) is 35.6 Å². The van der Waals surface area contributed by atoms with Crippen LogP contribution in [0.4, 0.5) is 5.69 Å². The van der Waals surface area contributed by atoms with Crippen LogP contribution in [0.15, 0.2) is 48.0 Å². The maximum absolute atomic E-state index is 12.8. The van der Waals surface area contributed by atoms with Crippen molar-refractivity contribution in [3.63, 3.8) is 0 Å². The van der Waals surface area contributed by atoms with Crippen LogP contribution in [0.3, 0.4) is 0 Å². The lowest BCUT2D eigenvalue weighted by atomic mass is 9.72. The first-order chi connectivity index (χ1) is 18.0. The van der Waals surface area contributed by atoms with Crippen molar-refractivity contribution in [2.75, 3.05) is 37.6 Å². The summed E-state index contributed by atoms with van der Waals surface area (Å²) in [5.74, 6) is 0.291. The summed E-state index contributed by atoms with van der Waals surface area (Å²) >= 11 is 7.66. The first kappa shape index (κ1) is 29.0. The van der Waals surface area contributed by atoms with Crippen molar-refractivity contribution in [1.82, 2.24) is 9.62 Å². The molecule has 4 rings (SSSR count). The van der Waals surface area contributed by atoms with Crippen LogP contribution >= 0.6 is 23.5 Å². The molecule has 0 radical (unpaired) electrons. The van der Waals surface area contributed by atoms with Gasteiger partial charge in [-0.3, -0.25) is 14.4 Å². The first-order valence-electron chi connectivity index (χ1n) is 14.1. The van der Waals surface area contributed by atoms with Crippen molar-refractivity contribution >= 4 is 40.7 Å². The highest BCUT2D eigenvalue weighted by atomic mass is 35.5. The van der Waals surface area contributed by atoms with E-state index in [1.807, 2.05) is 18.2 Å². The minimum absolute atomic E-state index is 0.00388. The van der Waals surface area contributed by atoms with Gasteiger partial charge in [0.15, 0.2) is 0 Å². The number of carbonyl (C=O) groups is 1. The fraction of sp³-hybridized carbons (Fsp3) is 0.531. The van der Waals surface area contributed by atoms with Gasteiger partial charge < -0.3 is 4.90 Å². The summed E-state index contributed by atoms with van der Waals surface area (Å²) in [5.41, 5.74) is 7.91. The summed E-state index contributed by atoms with van der Waals surface area (Å²) in [6.07, 6.45) is 3.53. The molecule has 2 aromatic rings. The second kappa shape index (κ2) is 12.5. The van der Waals surface area contributed by atoms with Crippen molar-refractivity contribution in [1.29, 1.82) is 0 Å². The highest BCUT2D eigenvalue weighted by Crippen LogP contribution is 2.43. The normalized spacial score (nSPS) is 18.4. The van der Waals surface area contributed by atoms with E-state index in [2.05, 4.69) is 80.3 Å². The Morgan fingerprint density at radius 2 is 1.71 bits per heavy atom. The first-order valence-corrected chi connectivity index (χ1v) is 15.3. The van der Waals surface area contributed by atoms with Crippen molar-refractivity contribution in [2.45, 2.75) is 72.0 Å². The number of benzene rings is 2. The van der Waals surface area contributed by atoms with Gasteiger partial charge in [0.1, 0.15) is 0 Å². The summed E-state index contributed by atoms with van der Waals surface area (Å²) in [7, 11) is 0. The summed E-state index contributed by atoms with van der Waals surface area (Å²) in [6.45, 7) is 18.4. The molecule has 206 valence electrons. The smallest absolute Gasteiger partial charge is 0.261 e. The van der Waals surface area contributed by atoms with E-state index in [0.717, 1.165) is 55.3 Å². The molecule has 1 aliphatic carbocycles. The number of anilines is 1. The number of halogens is 1. The van der Waals surface area contributed by atoms with Crippen molar-refractivity contribution < 1.29 is 4.79 Å². The number of amides is 1. The van der Waals surface area contributed by atoms with Gasteiger partial charge in [-0.2, -0.15) is 0 Å². The molecule has 38 heavy (non-hydrogen) atoms. The molecule has 0 unspecified atom stereocenters. The molecular weight excluding hydrogens is 510 g/mol. The van der Waals surface area contributed by atoms with E-state index in [1.54, 1.807) is 5.57 Å². The Morgan fingerprint density at radius 1 is 1.03 bits per heavy atom. The third kappa shape index (κ3) is 7.37. The predicted molar refractivity (Wildman–Crippen MR) is 165 cm³/mol. The predicted octanol–water partition coefficient (Wildman–Crippen LogP) is 8.04. The molecule has 0 atom stereocenters. The van der Waals surface area contributed by atoms with Crippen molar-refractivity contribution in [3.8, 4) is 0 Å². The quantitative estimate of drug-likeness (QED) is 0.335. The number of nitrogens with zero attached hydrogens (tertiary/aromatic N) is 2. The standard InChI is InChI=1S/C32H44ClN3OS/c1-22(2)29-19-27(11-12-28(29)31(37)34-38-23(3)4)36-17-15-35(16-18-36)21-25-13-14-32(5,6)20-30(25)24-7-9-26(33)10-8-24/h7-12,19,22-23H,13-18,20-21H2,1-6H3,(H,34,37). The summed E-state index contributed by atoms with van der Waals surface area (Å²) in [5, 5.41) is 1.15. The Hall–Kier alpha value is -1.95. The Bertz CT molecular complexity index is 1150. The number of hydrogen-bond acceptors (Lipinski definition) is 4. The molecule has 0 bridgehead atoms. The number of piperazine rings is 1. The van der Waals surface area contributed by atoms with Gasteiger partial charge in [-0.1, -0.05) is 70.8 Å². The Kier molecular flexibility index (Phi) is 9.54.